The van der Waals surface area contributed by atoms with E-state index in [9.17, 15) is 25.2 Å². The van der Waals surface area contributed by atoms with Gasteiger partial charge < -0.3 is 20.4 Å². The van der Waals surface area contributed by atoms with E-state index in [1.165, 1.54) is 5.57 Å². The lowest BCUT2D eigenvalue weighted by molar-refractivity contribution is -0.233. The van der Waals surface area contributed by atoms with Crippen molar-refractivity contribution in [2.45, 2.75) is 112 Å². The van der Waals surface area contributed by atoms with Crippen molar-refractivity contribution in [1.82, 2.24) is 0 Å². The second-order valence-electron chi connectivity index (χ2n) is 14.8. The molecular weight excluding hydrogens is 440 g/mol. The molecule has 5 nitrogen and oxygen atoms in total. The summed E-state index contributed by atoms with van der Waals surface area (Å²) in [5, 5.41) is 43.2. The summed E-state index contributed by atoms with van der Waals surface area (Å²) in [7, 11) is 0. The Morgan fingerprint density at radius 3 is 2.17 bits per heavy atom. The largest absolute Gasteiger partial charge is 0.481 e. The fourth-order valence-corrected chi connectivity index (χ4v) is 11.1. The van der Waals surface area contributed by atoms with Crippen molar-refractivity contribution in [2.75, 3.05) is 0 Å². The van der Waals surface area contributed by atoms with Crippen molar-refractivity contribution < 1.29 is 25.2 Å². The molecule has 0 heterocycles. The maximum absolute atomic E-state index is 12.8. The molecule has 0 radical (unpaired) electrons. The Hall–Kier alpha value is -0.910. The Labute approximate surface area is 211 Å². The van der Waals surface area contributed by atoms with Gasteiger partial charge in [-0.25, -0.2) is 0 Å². The Kier molecular flexibility index (Phi) is 5.56. The minimum atomic E-state index is -0.881. The maximum atomic E-state index is 12.8. The van der Waals surface area contributed by atoms with Gasteiger partial charge in [0, 0.05) is 0 Å². The minimum absolute atomic E-state index is 0.00408. The molecule has 4 fully saturated rings. The molecule has 5 aliphatic carbocycles. The molecule has 35 heavy (non-hydrogen) atoms. The average Bonchev–Trinajstić information content (AvgIpc) is 2.76. The molecule has 0 saturated heterocycles. The molecule has 198 valence electrons. The normalized spacial score (nSPS) is 57.1. The molecule has 12 atom stereocenters. The summed E-state index contributed by atoms with van der Waals surface area (Å²) in [6, 6.07) is 0. The van der Waals surface area contributed by atoms with E-state index in [1.807, 2.05) is 0 Å². The smallest absolute Gasteiger partial charge is 0.310 e. The van der Waals surface area contributed by atoms with E-state index >= 15 is 0 Å². The van der Waals surface area contributed by atoms with Crippen molar-refractivity contribution in [2.24, 2.45) is 56.7 Å². The van der Waals surface area contributed by atoms with Crippen LogP contribution in [0, 0.1) is 56.7 Å². The molecule has 4 N–H and O–H groups in total. The Balaban J connectivity index is 1.62. The predicted octanol–water partition coefficient (Wildman–Crippen LogP) is 5.03. The lowest BCUT2D eigenvalue weighted by Crippen LogP contribution is -2.67. The van der Waals surface area contributed by atoms with E-state index in [0.29, 0.717) is 31.1 Å². The standard InChI is InChI=1S/C30H48O5/c1-16-17(2)23-18-8-9-22-27(5)14-20(32)24(33)26(3,4)21(27)10-11-29(22,7)28(18,6)12-13-30(23,25(34)35)15-19(16)31/h8,16-17,19-24,31-33H,9-15H2,1-7H3,(H,34,35). The van der Waals surface area contributed by atoms with Crippen LogP contribution in [0.4, 0.5) is 0 Å². The fraction of sp³-hybridized carbons (Fsp3) is 0.900. The Morgan fingerprint density at radius 2 is 1.54 bits per heavy atom. The lowest BCUT2D eigenvalue weighted by atomic mass is 9.33. The van der Waals surface area contributed by atoms with Crippen LogP contribution in [0.2, 0.25) is 0 Å². The first-order chi connectivity index (χ1) is 16.1. The number of hydrogen-bond donors (Lipinski definition) is 4. The third-order valence-electron chi connectivity index (χ3n) is 13.4. The Bertz CT molecular complexity index is 941. The van der Waals surface area contributed by atoms with E-state index in [2.05, 4.69) is 54.5 Å². The highest BCUT2D eigenvalue weighted by Gasteiger charge is 2.70. The first-order valence-electron chi connectivity index (χ1n) is 14.1. The summed E-state index contributed by atoms with van der Waals surface area (Å²) in [6.07, 6.45) is 5.86. The molecule has 0 spiro atoms. The number of carboxylic acid groups (broad SMARTS) is 1. The number of rotatable bonds is 1. The summed E-state index contributed by atoms with van der Waals surface area (Å²) in [4.78, 5) is 12.8. The molecule has 5 aliphatic rings. The zero-order valence-corrected chi connectivity index (χ0v) is 22.8. The average molecular weight is 489 g/mol. The number of allylic oxidation sites excluding steroid dienone is 2. The molecule has 0 aliphatic heterocycles. The second-order valence-corrected chi connectivity index (χ2v) is 14.8. The number of aliphatic hydroxyl groups is 3. The minimum Gasteiger partial charge on any atom is -0.481 e. The van der Waals surface area contributed by atoms with E-state index in [-0.39, 0.29) is 39.4 Å². The van der Waals surface area contributed by atoms with Crippen molar-refractivity contribution in [1.29, 1.82) is 0 Å². The van der Waals surface area contributed by atoms with Gasteiger partial charge >= 0.3 is 5.97 Å². The molecule has 0 aromatic rings. The zero-order valence-electron chi connectivity index (χ0n) is 22.8. The van der Waals surface area contributed by atoms with Crippen LogP contribution < -0.4 is 0 Å². The summed E-state index contributed by atoms with van der Waals surface area (Å²) in [5.74, 6) is 0.121. The van der Waals surface area contributed by atoms with Gasteiger partial charge in [0.2, 0.25) is 0 Å². The topological polar surface area (TPSA) is 98.0 Å². The predicted molar refractivity (Wildman–Crippen MR) is 135 cm³/mol. The zero-order chi connectivity index (χ0) is 25.9. The monoisotopic (exact) mass is 488 g/mol. The van der Waals surface area contributed by atoms with Gasteiger partial charge in [0.1, 0.15) is 0 Å². The van der Waals surface area contributed by atoms with Crippen LogP contribution in [0.25, 0.3) is 0 Å². The highest BCUT2D eigenvalue weighted by molar-refractivity contribution is 5.77. The second kappa shape index (κ2) is 7.57. The van der Waals surface area contributed by atoms with E-state index < -0.39 is 29.7 Å². The van der Waals surface area contributed by atoms with Gasteiger partial charge in [-0.05, 0) is 96.2 Å². The highest BCUT2D eigenvalue weighted by Crippen LogP contribution is 2.75. The quantitative estimate of drug-likeness (QED) is 0.388. The third-order valence-corrected chi connectivity index (χ3v) is 13.4. The first kappa shape index (κ1) is 25.7. The molecule has 5 rings (SSSR count). The molecule has 0 bridgehead atoms. The molecule has 5 heteroatoms. The van der Waals surface area contributed by atoms with Gasteiger partial charge in [-0.15, -0.1) is 0 Å². The SMILES string of the molecule is CC1C(O)CC2(C(=O)O)CCC3(C)C(=CCC4C5(C)CC(O)C(O)C(C)(C)C5CCC43C)C2C1C. The number of aliphatic hydroxyl groups excluding tert-OH is 3. The van der Waals surface area contributed by atoms with E-state index in [0.717, 1.165) is 25.7 Å². The van der Waals surface area contributed by atoms with Crippen LogP contribution in [-0.4, -0.2) is 44.7 Å². The molecule has 0 aromatic carbocycles. The van der Waals surface area contributed by atoms with Crippen LogP contribution in [0.5, 0.6) is 0 Å². The molecule has 0 aromatic heterocycles. The number of carboxylic acids is 1. The molecule has 12 unspecified atom stereocenters. The van der Waals surface area contributed by atoms with Crippen LogP contribution in [0.15, 0.2) is 11.6 Å². The van der Waals surface area contributed by atoms with Crippen LogP contribution >= 0.6 is 0 Å². The summed E-state index contributed by atoms with van der Waals surface area (Å²) < 4.78 is 0. The third kappa shape index (κ3) is 2.95. The Morgan fingerprint density at radius 1 is 0.886 bits per heavy atom. The van der Waals surface area contributed by atoms with Gasteiger partial charge in [-0.1, -0.05) is 60.1 Å². The molecule has 4 saturated carbocycles. The van der Waals surface area contributed by atoms with Gasteiger partial charge in [0.25, 0.3) is 0 Å². The molecular formula is C30H48O5. The number of fused-ring (bicyclic) bond motifs is 7. The van der Waals surface area contributed by atoms with Gasteiger partial charge in [0.05, 0.1) is 23.7 Å². The number of aliphatic carboxylic acids is 1. The van der Waals surface area contributed by atoms with E-state index in [4.69, 9.17) is 0 Å². The summed E-state index contributed by atoms with van der Waals surface area (Å²) >= 11 is 0. The maximum Gasteiger partial charge on any atom is 0.310 e. The van der Waals surface area contributed by atoms with Crippen molar-refractivity contribution in [3.8, 4) is 0 Å². The van der Waals surface area contributed by atoms with Crippen molar-refractivity contribution >= 4 is 5.97 Å². The number of carbonyl (C=O) groups is 1. The van der Waals surface area contributed by atoms with Crippen LogP contribution in [0.1, 0.15) is 93.4 Å². The fourth-order valence-electron chi connectivity index (χ4n) is 11.1. The van der Waals surface area contributed by atoms with Crippen LogP contribution in [0.3, 0.4) is 0 Å². The van der Waals surface area contributed by atoms with Gasteiger partial charge in [-0.3, -0.25) is 4.79 Å². The highest BCUT2D eigenvalue weighted by atomic mass is 16.4. The van der Waals surface area contributed by atoms with Crippen molar-refractivity contribution in [3.05, 3.63) is 11.6 Å². The van der Waals surface area contributed by atoms with Crippen molar-refractivity contribution in [3.63, 3.8) is 0 Å². The van der Waals surface area contributed by atoms with Gasteiger partial charge in [-0.2, -0.15) is 0 Å². The summed E-state index contributed by atoms with van der Waals surface area (Å²) in [6.45, 7) is 15.7. The first-order valence-corrected chi connectivity index (χ1v) is 14.1. The van der Waals surface area contributed by atoms with Gasteiger partial charge in [0.15, 0.2) is 0 Å². The van der Waals surface area contributed by atoms with E-state index in [1.54, 1.807) is 0 Å². The lowest BCUT2D eigenvalue weighted by Gasteiger charge is -2.71. The number of hydrogen-bond acceptors (Lipinski definition) is 4. The summed E-state index contributed by atoms with van der Waals surface area (Å²) in [5.41, 5.74) is -0.0578. The van der Waals surface area contributed by atoms with Crippen LogP contribution in [-0.2, 0) is 4.79 Å². The molecule has 0 amide bonds.